The summed E-state index contributed by atoms with van der Waals surface area (Å²) in [6.45, 7) is 2.08. The highest BCUT2D eigenvalue weighted by molar-refractivity contribution is 7.15. The van der Waals surface area contributed by atoms with Crippen molar-refractivity contribution in [3.63, 3.8) is 0 Å². The van der Waals surface area contributed by atoms with Gasteiger partial charge in [0.2, 0.25) is 0 Å². The lowest BCUT2D eigenvalue weighted by Gasteiger charge is -2.04. The van der Waals surface area contributed by atoms with Gasteiger partial charge < -0.3 is 0 Å². The van der Waals surface area contributed by atoms with Gasteiger partial charge in [-0.25, -0.2) is 4.98 Å². The lowest BCUT2D eigenvalue weighted by Crippen LogP contribution is -2.14. The predicted molar refractivity (Wildman–Crippen MR) is 110 cm³/mol. The smallest absolute Gasteiger partial charge is 0.255 e. The number of hydrogen-bond donors (Lipinski definition) is 1. The van der Waals surface area contributed by atoms with Crippen molar-refractivity contribution in [1.29, 1.82) is 0 Å². The molecule has 1 N–H and O–H groups in total. The van der Waals surface area contributed by atoms with E-state index in [1.807, 2.05) is 36.5 Å². The van der Waals surface area contributed by atoms with Gasteiger partial charge in [0.05, 0.1) is 5.71 Å². The summed E-state index contributed by atoms with van der Waals surface area (Å²) in [5.41, 5.74) is 5.11. The number of benzene rings is 2. The molecule has 0 spiro atoms. The number of thiazole rings is 1. The van der Waals surface area contributed by atoms with Crippen LogP contribution in [-0.4, -0.2) is 16.6 Å². The zero-order chi connectivity index (χ0) is 18.6. The van der Waals surface area contributed by atoms with Gasteiger partial charge in [-0.2, -0.15) is 0 Å². The summed E-state index contributed by atoms with van der Waals surface area (Å²) in [4.78, 5) is 22.4. The molecule has 4 rings (SSSR count). The largest absolute Gasteiger partial charge is 0.298 e. The van der Waals surface area contributed by atoms with Crippen molar-refractivity contribution in [3.8, 4) is 0 Å². The maximum atomic E-state index is 12.5. The van der Waals surface area contributed by atoms with E-state index in [-0.39, 0.29) is 5.91 Å². The predicted octanol–water partition coefficient (Wildman–Crippen LogP) is 4.76. The van der Waals surface area contributed by atoms with E-state index in [0.717, 1.165) is 22.6 Å². The number of nitrogens with one attached hydrogen (secondary N) is 1. The molecule has 2 aromatic carbocycles. The SMILES string of the molecule is Cc1ccc(Cc2cnc(NC(=O)C3=CN=C(c4ccccc4)C3)s2)cc1. The summed E-state index contributed by atoms with van der Waals surface area (Å²) >= 11 is 1.51. The standard InChI is InChI=1S/C22H19N3OS/c1-15-7-9-16(10-8-15)11-19-14-24-22(27-19)25-21(26)18-12-20(23-13-18)17-5-3-2-4-6-17/h2-10,13-14H,11-12H2,1H3,(H,24,25,26). The molecule has 4 nitrogen and oxygen atoms in total. The van der Waals surface area contributed by atoms with Gasteiger partial charge in [-0.05, 0) is 18.1 Å². The minimum absolute atomic E-state index is 0.138. The van der Waals surface area contributed by atoms with Crippen molar-refractivity contribution < 1.29 is 4.79 Å². The van der Waals surface area contributed by atoms with Gasteiger partial charge in [0.25, 0.3) is 5.91 Å². The minimum Gasteiger partial charge on any atom is -0.298 e. The molecule has 1 aliphatic rings. The molecule has 1 amide bonds. The molecule has 0 saturated carbocycles. The lowest BCUT2D eigenvalue weighted by molar-refractivity contribution is -0.112. The van der Waals surface area contributed by atoms with Gasteiger partial charge in [-0.3, -0.25) is 15.1 Å². The van der Waals surface area contributed by atoms with Crippen molar-refractivity contribution in [1.82, 2.24) is 4.98 Å². The summed E-state index contributed by atoms with van der Waals surface area (Å²) in [7, 11) is 0. The van der Waals surface area contributed by atoms with Crippen LogP contribution in [-0.2, 0) is 11.2 Å². The van der Waals surface area contributed by atoms with Crippen molar-refractivity contribution in [2.45, 2.75) is 19.8 Å². The van der Waals surface area contributed by atoms with Crippen LogP contribution >= 0.6 is 11.3 Å². The Morgan fingerprint density at radius 1 is 1.11 bits per heavy atom. The van der Waals surface area contributed by atoms with E-state index in [4.69, 9.17) is 0 Å². The molecule has 0 fully saturated rings. The van der Waals surface area contributed by atoms with Gasteiger partial charge >= 0.3 is 0 Å². The molecule has 1 aliphatic heterocycles. The molecule has 0 saturated heterocycles. The second-order valence-electron chi connectivity index (χ2n) is 6.52. The summed E-state index contributed by atoms with van der Waals surface area (Å²) < 4.78 is 0. The number of carbonyl (C=O) groups is 1. The second-order valence-corrected chi connectivity index (χ2v) is 7.64. The average molecular weight is 373 g/mol. The third-order valence-corrected chi connectivity index (χ3v) is 5.32. The van der Waals surface area contributed by atoms with Gasteiger partial charge in [-0.1, -0.05) is 60.2 Å². The fraction of sp³-hybridized carbons (Fsp3) is 0.136. The number of carbonyl (C=O) groups excluding carboxylic acids is 1. The van der Waals surface area contributed by atoms with Crippen LogP contribution in [0.1, 0.15) is 28.0 Å². The summed E-state index contributed by atoms with van der Waals surface area (Å²) in [5.74, 6) is -0.138. The number of hydrogen-bond acceptors (Lipinski definition) is 4. The molecule has 1 aromatic heterocycles. The van der Waals surface area contributed by atoms with Crippen molar-refractivity contribution in [3.05, 3.63) is 94.1 Å². The van der Waals surface area contributed by atoms with E-state index in [1.165, 1.54) is 22.5 Å². The first-order chi connectivity index (χ1) is 13.2. The van der Waals surface area contributed by atoms with E-state index < -0.39 is 0 Å². The minimum atomic E-state index is -0.138. The first kappa shape index (κ1) is 17.4. The second kappa shape index (κ2) is 7.68. The number of anilines is 1. The van der Waals surface area contributed by atoms with Crippen LogP contribution in [0.4, 0.5) is 5.13 Å². The highest BCUT2D eigenvalue weighted by Gasteiger charge is 2.19. The molecule has 5 heteroatoms. The Morgan fingerprint density at radius 3 is 2.67 bits per heavy atom. The molecule has 2 heterocycles. The Hall–Kier alpha value is -3.05. The topological polar surface area (TPSA) is 54.4 Å². The van der Waals surface area contributed by atoms with E-state index in [9.17, 15) is 4.79 Å². The van der Waals surface area contributed by atoms with Gasteiger partial charge in [0.15, 0.2) is 5.13 Å². The molecular formula is C22H19N3OS. The molecular weight excluding hydrogens is 354 g/mol. The number of amides is 1. The van der Waals surface area contributed by atoms with Crippen LogP contribution in [0.25, 0.3) is 0 Å². The zero-order valence-electron chi connectivity index (χ0n) is 15.0. The lowest BCUT2D eigenvalue weighted by atomic mass is 10.0. The van der Waals surface area contributed by atoms with Crippen molar-refractivity contribution in [2.24, 2.45) is 4.99 Å². The van der Waals surface area contributed by atoms with Crippen LogP contribution in [0.5, 0.6) is 0 Å². The fourth-order valence-corrected chi connectivity index (χ4v) is 3.75. The van der Waals surface area contributed by atoms with Crippen LogP contribution in [0, 0.1) is 6.92 Å². The number of aryl methyl sites for hydroxylation is 1. The fourth-order valence-electron chi connectivity index (χ4n) is 2.91. The highest BCUT2D eigenvalue weighted by Crippen LogP contribution is 2.24. The molecule has 3 aromatic rings. The Morgan fingerprint density at radius 2 is 1.89 bits per heavy atom. The summed E-state index contributed by atoms with van der Waals surface area (Å²) in [5, 5.41) is 3.52. The van der Waals surface area contributed by atoms with Crippen LogP contribution in [0.15, 0.2) is 77.6 Å². The van der Waals surface area contributed by atoms with Gasteiger partial charge in [0.1, 0.15) is 0 Å². The molecule has 0 aliphatic carbocycles. The number of nitrogens with zero attached hydrogens (tertiary/aromatic N) is 2. The zero-order valence-corrected chi connectivity index (χ0v) is 15.8. The molecule has 0 atom stereocenters. The third kappa shape index (κ3) is 4.20. The Kier molecular flexibility index (Phi) is 4.94. The Labute approximate surface area is 162 Å². The van der Waals surface area contributed by atoms with Crippen LogP contribution in [0.3, 0.4) is 0 Å². The molecule has 134 valence electrons. The highest BCUT2D eigenvalue weighted by atomic mass is 32.1. The van der Waals surface area contributed by atoms with Crippen molar-refractivity contribution >= 4 is 28.1 Å². The van der Waals surface area contributed by atoms with E-state index in [0.29, 0.717) is 17.1 Å². The van der Waals surface area contributed by atoms with Gasteiger partial charge in [-0.15, -0.1) is 11.3 Å². The van der Waals surface area contributed by atoms with E-state index in [2.05, 4.69) is 46.5 Å². The maximum absolute atomic E-state index is 12.5. The first-order valence-corrected chi connectivity index (χ1v) is 9.62. The average Bonchev–Trinajstić information content (AvgIpc) is 3.34. The third-order valence-electron chi connectivity index (χ3n) is 4.41. The molecule has 0 unspecified atom stereocenters. The maximum Gasteiger partial charge on any atom is 0.255 e. The number of aliphatic imine (C=N–C) groups is 1. The van der Waals surface area contributed by atoms with Gasteiger partial charge in [0, 0.05) is 35.7 Å². The molecule has 0 radical (unpaired) electrons. The summed E-state index contributed by atoms with van der Waals surface area (Å²) in [6, 6.07) is 18.4. The Balaban J connectivity index is 1.35. The number of rotatable bonds is 5. The normalized spacial score (nSPS) is 13.2. The molecule has 27 heavy (non-hydrogen) atoms. The molecule has 0 bridgehead atoms. The van der Waals surface area contributed by atoms with E-state index >= 15 is 0 Å². The van der Waals surface area contributed by atoms with Crippen molar-refractivity contribution in [2.75, 3.05) is 5.32 Å². The monoisotopic (exact) mass is 373 g/mol. The summed E-state index contributed by atoms with van der Waals surface area (Å²) in [6.07, 6.45) is 4.84. The Bertz CT molecular complexity index is 1020. The quantitative estimate of drug-likeness (QED) is 0.701. The number of aromatic nitrogens is 1. The first-order valence-electron chi connectivity index (χ1n) is 8.80. The van der Waals surface area contributed by atoms with Crippen LogP contribution < -0.4 is 5.32 Å². The van der Waals surface area contributed by atoms with E-state index in [1.54, 1.807) is 6.20 Å². The van der Waals surface area contributed by atoms with Crippen LogP contribution in [0.2, 0.25) is 0 Å².